The topological polar surface area (TPSA) is 30.2 Å². The molecule has 1 aromatic heterocycles. The first-order valence-electron chi connectivity index (χ1n) is 6.80. The zero-order chi connectivity index (χ0) is 13.9. The van der Waals surface area contributed by atoms with Crippen molar-refractivity contribution in [2.24, 2.45) is 0 Å². The van der Waals surface area contributed by atoms with Gasteiger partial charge in [-0.1, -0.05) is 42.5 Å². The summed E-state index contributed by atoms with van der Waals surface area (Å²) < 4.78 is 5.24. The summed E-state index contributed by atoms with van der Waals surface area (Å²) in [6.07, 6.45) is 1.61. The normalized spacial score (nSPS) is 10.8. The van der Waals surface area contributed by atoms with Gasteiger partial charge in [0.2, 0.25) is 0 Å². The van der Waals surface area contributed by atoms with Gasteiger partial charge in [-0.25, -0.2) is 4.79 Å². The fourth-order valence-corrected chi connectivity index (χ4v) is 2.56. The average Bonchev–Trinajstić information content (AvgIpc) is 2.44. The molecule has 0 N–H and O–H groups in total. The summed E-state index contributed by atoms with van der Waals surface area (Å²) in [5, 5.41) is 2.51. The van der Waals surface area contributed by atoms with Crippen LogP contribution in [0.5, 0.6) is 0 Å². The van der Waals surface area contributed by atoms with Crippen molar-refractivity contribution in [2.45, 2.75) is 19.8 Å². The van der Waals surface area contributed by atoms with Gasteiger partial charge >= 0.3 is 5.63 Å². The molecule has 2 aromatic carbocycles. The van der Waals surface area contributed by atoms with Crippen LogP contribution in [-0.4, -0.2) is 0 Å². The van der Waals surface area contributed by atoms with Crippen LogP contribution in [0.1, 0.15) is 16.9 Å². The maximum Gasteiger partial charge on any atom is 0.336 e. The fraction of sp³-hybridized carbons (Fsp3) is 0.167. The van der Waals surface area contributed by atoms with Crippen LogP contribution in [0.4, 0.5) is 0 Å². The predicted molar refractivity (Wildman–Crippen MR) is 81.1 cm³/mol. The Balaban J connectivity index is 1.88. The second kappa shape index (κ2) is 5.33. The van der Waals surface area contributed by atoms with Crippen LogP contribution in [0.25, 0.3) is 10.8 Å². The van der Waals surface area contributed by atoms with Crippen molar-refractivity contribution in [2.75, 3.05) is 0 Å². The first kappa shape index (κ1) is 12.7. The van der Waals surface area contributed by atoms with Crippen molar-refractivity contribution < 1.29 is 4.42 Å². The zero-order valence-electron chi connectivity index (χ0n) is 11.4. The van der Waals surface area contributed by atoms with Gasteiger partial charge in [-0.05, 0) is 41.3 Å². The second-order valence-corrected chi connectivity index (χ2v) is 5.06. The third-order valence-corrected chi connectivity index (χ3v) is 3.49. The van der Waals surface area contributed by atoms with Crippen molar-refractivity contribution in [1.82, 2.24) is 0 Å². The molecular formula is C18H16O2. The van der Waals surface area contributed by atoms with Crippen molar-refractivity contribution in [3.05, 3.63) is 81.9 Å². The number of aryl methyl sites for hydroxylation is 3. The molecule has 1 heterocycles. The van der Waals surface area contributed by atoms with Crippen molar-refractivity contribution in [3.8, 4) is 0 Å². The molecule has 0 fully saturated rings. The lowest BCUT2D eigenvalue weighted by molar-refractivity contribution is 0.457. The Bertz CT molecular complexity index is 794. The lowest BCUT2D eigenvalue weighted by atomic mass is 10.0. The van der Waals surface area contributed by atoms with Crippen LogP contribution in [0, 0.1) is 6.92 Å². The highest BCUT2D eigenvalue weighted by Gasteiger charge is 2.03. The lowest BCUT2D eigenvalue weighted by Crippen LogP contribution is -2.02. The van der Waals surface area contributed by atoms with E-state index in [4.69, 9.17) is 4.42 Å². The Kier molecular flexibility index (Phi) is 3.38. The first-order valence-corrected chi connectivity index (χ1v) is 6.80. The average molecular weight is 264 g/mol. The minimum absolute atomic E-state index is 0.266. The second-order valence-electron chi connectivity index (χ2n) is 5.06. The molecule has 2 heteroatoms. The number of benzene rings is 2. The minimum atomic E-state index is -0.266. The molecule has 0 aliphatic heterocycles. The van der Waals surface area contributed by atoms with Gasteiger partial charge in [-0.3, -0.25) is 0 Å². The molecule has 0 aliphatic rings. The van der Waals surface area contributed by atoms with Crippen molar-refractivity contribution in [3.63, 3.8) is 0 Å². The molecule has 0 unspecified atom stereocenters. The molecule has 20 heavy (non-hydrogen) atoms. The van der Waals surface area contributed by atoms with Crippen molar-refractivity contribution >= 4 is 10.8 Å². The Morgan fingerprint density at radius 2 is 1.75 bits per heavy atom. The van der Waals surface area contributed by atoms with Gasteiger partial charge < -0.3 is 4.42 Å². The molecule has 3 aromatic rings. The quantitative estimate of drug-likeness (QED) is 0.718. The monoisotopic (exact) mass is 264 g/mol. The maximum atomic E-state index is 11.4. The molecule has 0 atom stereocenters. The summed E-state index contributed by atoms with van der Waals surface area (Å²) in [6.45, 7) is 1.92. The van der Waals surface area contributed by atoms with Crippen LogP contribution in [-0.2, 0) is 12.8 Å². The molecule has 3 rings (SSSR count). The Labute approximate surface area is 117 Å². The number of fused-ring (bicyclic) bond motifs is 1. The van der Waals surface area contributed by atoms with Gasteiger partial charge in [0.05, 0.1) is 0 Å². The van der Waals surface area contributed by atoms with E-state index in [0.29, 0.717) is 0 Å². The molecule has 0 amide bonds. The Hall–Kier alpha value is -2.35. The van der Waals surface area contributed by atoms with E-state index in [1.54, 1.807) is 0 Å². The minimum Gasteiger partial charge on any atom is -0.428 e. The van der Waals surface area contributed by atoms with Gasteiger partial charge in [-0.15, -0.1) is 0 Å². The maximum absolute atomic E-state index is 11.4. The van der Waals surface area contributed by atoms with E-state index in [2.05, 4.69) is 36.4 Å². The van der Waals surface area contributed by atoms with E-state index in [9.17, 15) is 4.79 Å². The summed E-state index contributed by atoms with van der Waals surface area (Å²) in [7, 11) is 0. The van der Waals surface area contributed by atoms with E-state index < -0.39 is 0 Å². The van der Waals surface area contributed by atoms with Gasteiger partial charge in [0.25, 0.3) is 0 Å². The van der Waals surface area contributed by atoms with Crippen LogP contribution in [0.2, 0.25) is 0 Å². The molecule has 0 aliphatic carbocycles. The molecule has 0 saturated carbocycles. The van der Waals surface area contributed by atoms with Crippen LogP contribution in [0.3, 0.4) is 0 Å². The van der Waals surface area contributed by atoms with Crippen molar-refractivity contribution in [1.29, 1.82) is 0 Å². The summed E-state index contributed by atoms with van der Waals surface area (Å²) >= 11 is 0. The fourth-order valence-electron chi connectivity index (χ4n) is 2.56. The summed E-state index contributed by atoms with van der Waals surface area (Å²) in [6, 6.07) is 18.1. The highest BCUT2D eigenvalue weighted by atomic mass is 16.4. The summed E-state index contributed by atoms with van der Waals surface area (Å²) in [4.78, 5) is 11.4. The lowest BCUT2D eigenvalue weighted by Gasteiger charge is -2.06. The zero-order valence-corrected chi connectivity index (χ0v) is 11.4. The largest absolute Gasteiger partial charge is 0.428 e. The van der Waals surface area contributed by atoms with E-state index in [-0.39, 0.29) is 5.63 Å². The van der Waals surface area contributed by atoms with E-state index in [1.807, 2.05) is 19.1 Å². The van der Waals surface area contributed by atoms with E-state index in [0.717, 1.165) is 24.2 Å². The Morgan fingerprint density at radius 3 is 2.60 bits per heavy atom. The molecule has 0 bridgehead atoms. The number of rotatable bonds is 3. The van der Waals surface area contributed by atoms with Gasteiger partial charge in [0.1, 0.15) is 5.76 Å². The van der Waals surface area contributed by atoms with Crippen LogP contribution < -0.4 is 5.63 Å². The van der Waals surface area contributed by atoms with Gasteiger partial charge in [-0.2, -0.15) is 0 Å². The summed E-state index contributed by atoms with van der Waals surface area (Å²) in [5.74, 6) is 0.753. The third-order valence-electron chi connectivity index (χ3n) is 3.49. The number of hydrogen-bond donors (Lipinski definition) is 0. The summed E-state index contributed by atoms with van der Waals surface area (Å²) in [5.41, 5.74) is 1.97. The molecule has 0 spiro atoms. The SMILES string of the molecule is Cc1cc(CCc2cccc3ccccc23)oc(=O)c1. The standard InChI is InChI=1S/C18H16O2/c1-13-11-16(20-18(19)12-13)10-9-15-7-4-6-14-5-2-3-8-17(14)15/h2-8,11-12H,9-10H2,1H3. The van der Waals surface area contributed by atoms with Crippen LogP contribution in [0.15, 0.2) is 63.8 Å². The smallest absolute Gasteiger partial charge is 0.336 e. The molecule has 2 nitrogen and oxygen atoms in total. The van der Waals surface area contributed by atoms with E-state index in [1.165, 1.54) is 22.4 Å². The third kappa shape index (κ3) is 2.64. The number of hydrogen-bond acceptors (Lipinski definition) is 2. The van der Waals surface area contributed by atoms with Gasteiger partial charge in [0, 0.05) is 12.5 Å². The molecule has 0 saturated heterocycles. The predicted octanol–water partition coefficient (Wildman–Crippen LogP) is 3.89. The Morgan fingerprint density at radius 1 is 0.950 bits per heavy atom. The first-order chi connectivity index (χ1) is 9.72. The highest BCUT2D eigenvalue weighted by Crippen LogP contribution is 2.20. The van der Waals surface area contributed by atoms with Crippen LogP contribution >= 0.6 is 0 Å². The molecule has 0 radical (unpaired) electrons. The molecular weight excluding hydrogens is 248 g/mol. The van der Waals surface area contributed by atoms with Gasteiger partial charge in [0.15, 0.2) is 0 Å². The highest BCUT2D eigenvalue weighted by molar-refractivity contribution is 5.85. The molecule has 100 valence electrons. The van der Waals surface area contributed by atoms with E-state index >= 15 is 0 Å².